The van der Waals surface area contributed by atoms with Crippen LogP contribution in [-0.4, -0.2) is 0 Å². The maximum absolute atomic E-state index is 6.11. The zero-order valence-electron chi connectivity index (χ0n) is 9.25. The molecule has 2 N–H and O–H groups in total. The van der Waals surface area contributed by atoms with Gasteiger partial charge >= 0.3 is 0 Å². The highest BCUT2D eigenvalue weighted by Gasteiger charge is 2.10. The third-order valence-corrected chi connectivity index (χ3v) is 4.39. The zero-order chi connectivity index (χ0) is 13.1. The van der Waals surface area contributed by atoms with E-state index in [-0.39, 0.29) is 0 Å². The van der Waals surface area contributed by atoms with Crippen LogP contribution in [-0.2, 0) is 13.2 Å². The summed E-state index contributed by atoms with van der Waals surface area (Å²) >= 11 is 17.1. The van der Waals surface area contributed by atoms with E-state index in [2.05, 4.69) is 15.9 Å². The van der Waals surface area contributed by atoms with Crippen molar-refractivity contribution >= 4 is 50.5 Å². The van der Waals surface area contributed by atoms with Crippen molar-refractivity contribution in [2.75, 3.05) is 0 Å². The van der Waals surface area contributed by atoms with Crippen LogP contribution in [0.5, 0.6) is 5.75 Å². The molecule has 0 saturated carbocycles. The van der Waals surface area contributed by atoms with E-state index in [0.29, 0.717) is 28.9 Å². The van der Waals surface area contributed by atoms with Crippen LogP contribution in [0, 0.1) is 0 Å². The second-order valence-corrected chi connectivity index (χ2v) is 6.97. The Labute approximate surface area is 128 Å². The number of thiophene rings is 1. The van der Waals surface area contributed by atoms with Gasteiger partial charge in [0.2, 0.25) is 0 Å². The van der Waals surface area contributed by atoms with Crippen molar-refractivity contribution in [3.05, 3.63) is 48.5 Å². The van der Waals surface area contributed by atoms with E-state index in [9.17, 15) is 0 Å². The van der Waals surface area contributed by atoms with Crippen LogP contribution in [0.15, 0.2) is 28.1 Å². The van der Waals surface area contributed by atoms with E-state index in [1.165, 1.54) is 0 Å². The summed E-state index contributed by atoms with van der Waals surface area (Å²) in [7, 11) is 0. The van der Waals surface area contributed by atoms with E-state index in [0.717, 1.165) is 14.2 Å². The van der Waals surface area contributed by atoms with Crippen LogP contribution in [0.2, 0.25) is 10.0 Å². The van der Waals surface area contributed by atoms with Crippen LogP contribution < -0.4 is 10.5 Å². The first-order chi connectivity index (χ1) is 8.60. The third-order valence-electron chi connectivity index (χ3n) is 2.29. The maximum atomic E-state index is 6.11. The first-order valence-corrected chi connectivity index (χ1v) is 7.51. The van der Waals surface area contributed by atoms with Gasteiger partial charge in [0.1, 0.15) is 12.4 Å². The van der Waals surface area contributed by atoms with Gasteiger partial charge < -0.3 is 10.5 Å². The van der Waals surface area contributed by atoms with E-state index >= 15 is 0 Å². The van der Waals surface area contributed by atoms with Crippen LogP contribution >= 0.6 is 50.5 Å². The molecule has 0 saturated heterocycles. The summed E-state index contributed by atoms with van der Waals surface area (Å²) in [6, 6.07) is 7.41. The number of ether oxygens (including phenoxy) is 1. The molecule has 0 aliphatic rings. The minimum Gasteiger partial charge on any atom is -0.486 e. The van der Waals surface area contributed by atoms with E-state index in [4.69, 9.17) is 33.7 Å². The Bertz CT molecular complexity index is 559. The Morgan fingerprint density at radius 2 is 2.06 bits per heavy atom. The molecule has 2 aromatic rings. The van der Waals surface area contributed by atoms with Gasteiger partial charge in [-0.3, -0.25) is 0 Å². The average Bonchev–Trinajstić information content (AvgIpc) is 2.73. The number of halogens is 3. The van der Waals surface area contributed by atoms with Crippen LogP contribution in [0.1, 0.15) is 10.4 Å². The Kier molecular flexibility index (Phi) is 4.92. The highest BCUT2D eigenvalue weighted by atomic mass is 79.9. The van der Waals surface area contributed by atoms with E-state index in [1.54, 1.807) is 23.5 Å². The van der Waals surface area contributed by atoms with Crippen molar-refractivity contribution in [3.8, 4) is 5.75 Å². The van der Waals surface area contributed by atoms with Gasteiger partial charge in [-0.25, -0.2) is 0 Å². The number of benzene rings is 1. The molecule has 0 aliphatic carbocycles. The zero-order valence-corrected chi connectivity index (χ0v) is 13.2. The predicted octanol–water partition coefficient (Wildman–Crippen LogP) is 4.86. The standard InChI is InChI=1S/C12H10BrCl2NOS/c13-11-2-1-9(18-11)6-17-12-7(5-16)3-8(14)4-10(12)15/h1-4H,5-6,16H2. The minimum atomic E-state index is 0.337. The Hall–Kier alpha value is -0.260. The summed E-state index contributed by atoms with van der Waals surface area (Å²) in [5.74, 6) is 0.605. The summed E-state index contributed by atoms with van der Waals surface area (Å²) in [6.07, 6.45) is 0. The Balaban J connectivity index is 2.18. The molecule has 0 atom stereocenters. The van der Waals surface area contributed by atoms with Crippen molar-refractivity contribution in [2.24, 2.45) is 5.73 Å². The first kappa shape index (κ1) is 14.2. The molecule has 0 amide bonds. The number of hydrogen-bond acceptors (Lipinski definition) is 3. The van der Waals surface area contributed by atoms with Gasteiger partial charge in [-0.2, -0.15) is 0 Å². The van der Waals surface area contributed by atoms with Crippen molar-refractivity contribution in [3.63, 3.8) is 0 Å². The van der Waals surface area contributed by atoms with Crippen LogP contribution in [0.4, 0.5) is 0 Å². The third kappa shape index (κ3) is 3.39. The van der Waals surface area contributed by atoms with Gasteiger partial charge in [-0.1, -0.05) is 23.2 Å². The molecule has 1 heterocycles. The smallest absolute Gasteiger partial charge is 0.143 e. The fraction of sp³-hybridized carbons (Fsp3) is 0.167. The summed E-state index contributed by atoms with van der Waals surface area (Å²) in [6.45, 7) is 0.800. The molecule has 0 bridgehead atoms. The fourth-order valence-corrected chi connectivity index (χ4v) is 3.49. The number of hydrogen-bond donors (Lipinski definition) is 1. The van der Waals surface area contributed by atoms with E-state index in [1.807, 2.05) is 12.1 Å². The summed E-state index contributed by atoms with van der Waals surface area (Å²) in [5, 5.41) is 1.05. The van der Waals surface area contributed by atoms with Crippen molar-refractivity contribution in [2.45, 2.75) is 13.2 Å². The van der Waals surface area contributed by atoms with Gasteiger partial charge in [0, 0.05) is 22.0 Å². The molecule has 1 aromatic carbocycles. The molecule has 96 valence electrons. The lowest BCUT2D eigenvalue weighted by molar-refractivity contribution is 0.307. The normalized spacial score (nSPS) is 10.7. The second-order valence-electron chi connectivity index (χ2n) is 3.57. The molecular weight excluding hydrogens is 357 g/mol. The molecule has 18 heavy (non-hydrogen) atoms. The molecule has 0 fully saturated rings. The molecule has 0 spiro atoms. The minimum absolute atomic E-state index is 0.337. The molecule has 0 aliphatic heterocycles. The van der Waals surface area contributed by atoms with Crippen molar-refractivity contribution < 1.29 is 4.74 Å². The van der Waals surface area contributed by atoms with Gasteiger partial charge in [0.05, 0.1) is 8.81 Å². The van der Waals surface area contributed by atoms with Gasteiger partial charge in [0.15, 0.2) is 0 Å². The monoisotopic (exact) mass is 365 g/mol. The van der Waals surface area contributed by atoms with Crippen molar-refractivity contribution in [1.82, 2.24) is 0 Å². The first-order valence-electron chi connectivity index (χ1n) is 5.15. The summed E-state index contributed by atoms with van der Waals surface area (Å²) in [5.41, 5.74) is 6.47. The highest BCUT2D eigenvalue weighted by Crippen LogP contribution is 2.33. The summed E-state index contributed by atoms with van der Waals surface area (Å²) < 4.78 is 6.80. The second kappa shape index (κ2) is 6.26. The Morgan fingerprint density at radius 3 is 2.67 bits per heavy atom. The lowest BCUT2D eigenvalue weighted by Crippen LogP contribution is -2.02. The molecule has 2 rings (SSSR count). The topological polar surface area (TPSA) is 35.2 Å². The molecule has 0 radical (unpaired) electrons. The van der Waals surface area contributed by atoms with Gasteiger partial charge in [0.25, 0.3) is 0 Å². The van der Waals surface area contributed by atoms with Gasteiger partial charge in [-0.05, 0) is 40.2 Å². The van der Waals surface area contributed by atoms with Gasteiger partial charge in [-0.15, -0.1) is 11.3 Å². The largest absolute Gasteiger partial charge is 0.486 e. The number of rotatable bonds is 4. The molecule has 2 nitrogen and oxygen atoms in total. The number of nitrogens with two attached hydrogens (primary N) is 1. The maximum Gasteiger partial charge on any atom is 0.143 e. The summed E-state index contributed by atoms with van der Waals surface area (Å²) in [4.78, 5) is 1.11. The predicted molar refractivity (Wildman–Crippen MR) is 80.7 cm³/mol. The van der Waals surface area contributed by atoms with Crippen LogP contribution in [0.3, 0.4) is 0 Å². The Morgan fingerprint density at radius 1 is 1.28 bits per heavy atom. The molecule has 1 aromatic heterocycles. The lowest BCUT2D eigenvalue weighted by atomic mass is 10.2. The average molecular weight is 367 g/mol. The quantitative estimate of drug-likeness (QED) is 0.838. The highest BCUT2D eigenvalue weighted by molar-refractivity contribution is 9.11. The molecule has 0 unspecified atom stereocenters. The van der Waals surface area contributed by atoms with E-state index < -0.39 is 0 Å². The molecular formula is C12H10BrCl2NOS. The SMILES string of the molecule is NCc1cc(Cl)cc(Cl)c1OCc1ccc(Br)s1. The van der Waals surface area contributed by atoms with Crippen molar-refractivity contribution in [1.29, 1.82) is 0 Å². The van der Waals surface area contributed by atoms with Crippen LogP contribution in [0.25, 0.3) is 0 Å². The molecule has 6 heteroatoms. The fourth-order valence-electron chi connectivity index (χ4n) is 1.50. The lowest BCUT2D eigenvalue weighted by Gasteiger charge is -2.12.